The lowest BCUT2D eigenvalue weighted by molar-refractivity contribution is 0.220. The van der Waals surface area contributed by atoms with E-state index in [9.17, 15) is 0 Å². The van der Waals surface area contributed by atoms with Crippen LogP contribution in [0, 0.1) is 13.8 Å². The van der Waals surface area contributed by atoms with E-state index in [0.29, 0.717) is 0 Å². The van der Waals surface area contributed by atoms with Crippen LogP contribution in [-0.4, -0.2) is 13.7 Å². The van der Waals surface area contributed by atoms with Crippen LogP contribution >= 0.6 is 0 Å². The molecule has 1 aromatic carbocycles. The second-order valence-corrected chi connectivity index (χ2v) is 4.75. The van der Waals surface area contributed by atoms with Gasteiger partial charge in [0.1, 0.15) is 0 Å². The number of aryl methyl sites for hydroxylation is 2. The van der Waals surface area contributed by atoms with Gasteiger partial charge in [0.25, 0.3) is 0 Å². The molecule has 17 heavy (non-hydrogen) atoms. The van der Waals surface area contributed by atoms with Crippen molar-refractivity contribution in [2.75, 3.05) is 13.7 Å². The summed E-state index contributed by atoms with van der Waals surface area (Å²) in [6.45, 7) is 5.16. The van der Waals surface area contributed by atoms with Crippen LogP contribution in [-0.2, 0) is 4.74 Å². The van der Waals surface area contributed by atoms with Gasteiger partial charge in [-0.15, -0.1) is 0 Å². The Bertz CT molecular complexity index is 423. The van der Waals surface area contributed by atoms with E-state index in [1.165, 1.54) is 22.3 Å². The van der Waals surface area contributed by atoms with E-state index in [1.54, 1.807) is 0 Å². The first kappa shape index (κ1) is 12.2. The summed E-state index contributed by atoms with van der Waals surface area (Å²) in [6.07, 6.45) is 4.18. The Balaban J connectivity index is 2.31. The van der Waals surface area contributed by atoms with Gasteiger partial charge in [-0.05, 0) is 50.4 Å². The minimum Gasteiger partial charge on any atom is -0.501 e. The van der Waals surface area contributed by atoms with Gasteiger partial charge in [0.15, 0.2) is 0 Å². The highest BCUT2D eigenvalue weighted by Gasteiger charge is 2.18. The van der Waals surface area contributed by atoms with E-state index in [0.717, 1.165) is 19.4 Å². The molecule has 1 unspecified atom stereocenters. The van der Waals surface area contributed by atoms with Gasteiger partial charge in [0, 0.05) is 0 Å². The summed E-state index contributed by atoms with van der Waals surface area (Å²) >= 11 is 0. The van der Waals surface area contributed by atoms with Crippen molar-refractivity contribution >= 4 is 0 Å². The fraction of sp³-hybridized carbons (Fsp3) is 0.467. The fourth-order valence-electron chi connectivity index (χ4n) is 2.49. The highest BCUT2D eigenvalue weighted by Crippen LogP contribution is 2.29. The Kier molecular flexibility index (Phi) is 3.85. The first-order valence-electron chi connectivity index (χ1n) is 6.27. The third-order valence-corrected chi connectivity index (χ3v) is 3.36. The quantitative estimate of drug-likeness (QED) is 0.862. The molecule has 1 atom stereocenters. The summed E-state index contributed by atoms with van der Waals surface area (Å²) in [5.41, 5.74) is 5.37. The van der Waals surface area contributed by atoms with Gasteiger partial charge in [-0.25, -0.2) is 0 Å². The molecule has 1 heterocycles. The maximum absolute atomic E-state index is 5.45. The molecule has 1 aliphatic heterocycles. The molecule has 92 valence electrons. The number of hydrogen-bond donors (Lipinski definition) is 1. The molecule has 0 aromatic heterocycles. The van der Waals surface area contributed by atoms with E-state index in [-0.39, 0.29) is 6.04 Å². The van der Waals surface area contributed by atoms with E-state index in [2.05, 4.69) is 37.4 Å². The van der Waals surface area contributed by atoms with Gasteiger partial charge in [0.05, 0.1) is 18.9 Å². The lowest BCUT2D eigenvalue weighted by Crippen LogP contribution is -2.21. The van der Waals surface area contributed by atoms with E-state index in [1.807, 2.05) is 13.3 Å². The van der Waals surface area contributed by atoms with Crippen molar-refractivity contribution in [3.05, 3.63) is 46.7 Å². The van der Waals surface area contributed by atoms with Crippen LogP contribution in [0.1, 0.15) is 35.6 Å². The number of nitrogens with one attached hydrogen (secondary N) is 1. The van der Waals surface area contributed by atoms with Gasteiger partial charge >= 0.3 is 0 Å². The summed E-state index contributed by atoms with van der Waals surface area (Å²) in [4.78, 5) is 0. The smallest absolute Gasteiger partial charge is 0.0876 e. The van der Waals surface area contributed by atoms with Crippen molar-refractivity contribution in [1.29, 1.82) is 0 Å². The molecule has 0 bridgehead atoms. The average Bonchev–Trinajstić information content (AvgIpc) is 2.34. The first-order chi connectivity index (χ1) is 8.22. The van der Waals surface area contributed by atoms with Crippen molar-refractivity contribution in [3.8, 4) is 0 Å². The van der Waals surface area contributed by atoms with E-state index < -0.39 is 0 Å². The van der Waals surface area contributed by atoms with Gasteiger partial charge < -0.3 is 10.1 Å². The SMILES string of the molecule is CNC(C1=COCCC1)c1ccc(C)cc1C. The second kappa shape index (κ2) is 5.37. The summed E-state index contributed by atoms with van der Waals surface area (Å²) < 4.78 is 5.45. The van der Waals surface area contributed by atoms with Crippen molar-refractivity contribution in [3.63, 3.8) is 0 Å². The lowest BCUT2D eigenvalue weighted by Gasteiger charge is -2.24. The zero-order chi connectivity index (χ0) is 12.3. The van der Waals surface area contributed by atoms with Gasteiger partial charge in [-0.1, -0.05) is 23.8 Å². The number of likely N-dealkylation sites (N-methyl/N-ethyl adjacent to an activating group) is 1. The number of ether oxygens (including phenoxy) is 1. The standard InChI is InChI=1S/C15H21NO/c1-11-6-7-14(12(2)9-11)15(16-3)13-5-4-8-17-10-13/h6-7,9-10,15-16H,4-5,8H2,1-3H3. The fourth-order valence-corrected chi connectivity index (χ4v) is 2.49. The Labute approximate surface area is 104 Å². The molecule has 2 heteroatoms. The minimum absolute atomic E-state index is 0.288. The molecule has 0 radical (unpaired) electrons. The van der Waals surface area contributed by atoms with Crippen LogP contribution in [0.4, 0.5) is 0 Å². The summed E-state index contributed by atoms with van der Waals surface area (Å²) in [6, 6.07) is 6.93. The van der Waals surface area contributed by atoms with E-state index in [4.69, 9.17) is 4.74 Å². The third-order valence-electron chi connectivity index (χ3n) is 3.36. The molecular formula is C15H21NO. The van der Waals surface area contributed by atoms with Crippen LogP contribution in [0.15, 0.2) is 30.0 Å². The Hall–Kier alpha value is -1.28. The van der Waals surface area contributed by atoms with Crippen molar-refractivity contribution in [2.24, 2.45) is 0 Å². The van der Waals surface area contributed by atoms with Crippen LogP contribution in [0.25, 0.3) is 0 Å². The zero-order valence-corrected chi connectivity index (χ0v) is 10.9. The molecule has 0 saturated heterocycles. The maximum Gasteiger partial charge on any atom is 0.0876 e. The summed E-state index contributed by atoms with van der Waals surface area (Å²) in [5.74, 6) is 0. The molecule has 0 saturated carbocycles. The topological polar surface area (TPSA) is 21.3 Å². The largest absolute Gasteiger partial charge is 0.501 e. The van der Waals surface area contributed by atoms with Crippen molar-refractivity contribution < 1.29 is 4.74 Å². The highest BCUT2D eigenvalue weighted by atomic mass is 16.5. The molecule has 0 spiro atoms. The minimum atomic E-state index is 0.288. The molecule has 1 N–H and O–H groups in total. The Morgan fingerprint density at radius 2 is 2.12 bits per heavy atom. The van der Waals surface area contributed by atoms with Crippen LogP contribution < -0.4 is 5.32 Å². The van der Waals surface area contributed by atoms with Gasteiger partial charge in [-0.3, -0.25) is 0 Å². The molecular weight excluding hydrogens is 210 g/mol. The normalized spacial score (nSPS) is 17.2. The third kappa shape index (κ3) is 2.70. The predicted octanol–water partition coefficient (Wildman–Crippen LogP) is 3.26. The van der Waals surface area contributed by atoms with Crippen LogP contribution in [0.3, 0.4) is 0 Å². The Morgan fingerprint density at radius 3 is 2.71 bits per heavy atom. The summed E-state index contributed by atoms with van der Waals surface area (Å²) in [5, 5.41) is 3.40. The molecule has 2 nitrogen and oxygen atoms in total. The second-order valence-electron chi connectivity index (χ2n) is 4.75. The Morgan fingerprint density at radius 1 is 1.29 bits per heavy atom. The first-order valence-corrected chi connectivity index (χ1v) is 6.27. The number of benzene rings is 1. The van der Waals surface area contributed by atoms with Crippen LogP contribution in [0.5, 0.6) is 0 Å². The maximum atomic E-state index is 5.45. The molecule has 0 aliphatic carbocycles. The zero-order valence-electron chi connectivity index (χ0n) is 10.9. The highest BCUT2D eigenvalue weighted by molar-refractivity contribution is 5.37. The van der Waals surface area contributed by atoms with Crippen molar-refractivity contribution in [2.45, 2.75) is 32.7 Å². The predicted molar refractivity (Wildman–Crippen MR) is 71.0 cm³/mol. The lowest BCUT2D eigenvalue weighted by atomic mass is 9.91. The molecule has 2 rings (SSSR count). The number of hydrogen-bond acceptors (Lipinski definition) is 2. The molecule has 0 fully saturated rings. The average molecular weight is 231 g/mol. The van der Waals surface area contributed by atoms with Crippen molar-refractivity contribution in [1.82, 2.24) is 5.32 Å². The molecule has 1 aliphatic rings. The molecule has 1 aromatic rings. The summed E-state index contributed by atoms with van der Waals surface area (Å²) in [7, 11) is 2.01. The van der Waals surface area contributed by atoms with Gasteiger partial charge in [-0.2, -0.15) is 0 Å². The monoisotopic (exact) mass is 231 g/mol. The van der Waals surface area contributed by atoms with E-state index >= 15 is 0 Å². The molecule has 0 amide bonds. The van der Waals surface area contributed by atoms with Gasteiger partial charge in [0.2, 0.25) is 0 Å². The van der Waals surface area contributed by atoms with Crippen LogP contribution in [0.2, 0.25) is 0 Å². The number of rotatable bonds is 3.